The number of nitrogens with one attached hydrogen (secondary N) is 1. The number of ether oxygens (including phenoxy) is 1. The van der Waals surface area contributed by atoms with Crippen LogP contribution in [0, 0.1) is 0 Å². The standard InChI is InChI=1S/C16H18N2O2/c1-3-12-6-4-5-7-13(12)11-18-14-8-9-17-15(10-14)16(19)20-2/h4-10H,3,11H2,1-2H3,(H,17,18). The molecule has 0 aliphatic carbocycles. The van der Waals surface area contributed by atoms with Crippen LogP contribution in [0.2, 0.25) is 0 Å². The van der Waals surface area contributed by atoms with Gasteiger partial charge in [-0.1, -0.05) is 31.2 Å². The van der Waals surface area contributed by atoms with Gasteiger partial charge in [-0.05, 0) is 29.7 Å². The Kier molecular flexibility index (Phi) is 4.71. The summed E-state index contributed by atoms with van der Waals surface area (Å²) in [4.78, 5) is 15.4. The Morgan fingerprint density at radius 2 is 2.00 bits per heavy atom. The Labute approximate surface area is 118 Å². The fourth-order valence-corrected chi connectivity index (χ4v) is 2.03. The van der Waals surface area contributed by atoms with Crippen molar-refractivity contribution in [1.82, 2.24) is 4.98 Å². The molecule has 1 aromatic heterocycles. The van der Waals surface area contributed by atoms with E-state index in [9.17, 15) is 4.79 Å². The van der Waals surface area contributed by atoms with Gasteiger partial charge in [0.25, 0.3) is 0 Å². The van der Waals surface area contributed by atoms with E-state index in [1.165, 1.54) is 18.2 Å². The Morgan fingerprint density at radius 3 is 2.70 bits per heavy atom. The molecule has 0 radical (unpaired) electrons. The third-order valence-electron chi connectivity index (χ3n) is 3.14. The zero-order valence-corrected chi connectivity index (χ0v) is 11.7. The van der Waals surface area contributed by atoms with Crippen molar-refractivity contribution in [1.29, 1.82) is 0 Å². The number of rotatable bonds is 5. The van der Waals surface area contributed by atoms with Crippen molar-refractivity contribution in [2.45, 2.75) is 19.9 Å². The van der Waals surface area contributed by atoms with E-state index in [-0.39, 0.29) is 0 Å². The number of pyridine rings is 1. The van der Waals surface area contributed by atoms with Gasteiger partial charge in [0.15, 0.2) is 0 Å². The molecule has 1 N–H and O–H groups in total. The molecule has 2 aromatic rings. The number of hydrogen-bond acceptors (Lipinski definition) is 4. The molecule has 0 bridgehead atoms. The van der Waals surface area contributed by atoms with Crippen molar-refractivity contribution in [2.75, 3.05) is 12.4 Å². The van der Waals surface area contributed by atoms with Gasteiger partial charge in [-0.3, -0.25) is 0 Å². The minimum Gasteiger partial charge on any atom is -0.464 e. The number of aromatic nitrogens is 1. The van der Waals surface area contributed by atoms with Crippen LogP contribution in [0.4, 0.5) is 5.69 Å². The van der Waals surface area contributed by atoms with Crippen LogP contribution in [-0.4, -0.2) is 18.1 Å². The molecule has 104 valence electrons. The largest absolute Gasteiger partial charge is 0.464 e. The molecule has 1 heterocycles. The molecule has 2 rings (SSSR count). The first-order valence-corrected chi connectivity index (χ1v) is 6.59. The van der Waals surface area contributed by atoms with Crippen LogP contribution in [0.1, 0.15) is 28.5 Å². The number of anilines is 1. The molecule has 0 unspecified atom stereocenters. The highest BCUT2D eigenvalue weighted by molar-refractivity contribution is 5.88. The second-order valence-electron chi connectivity index (χ2n) is 4.40. The lowest BCUT2D eigenvalue weighted by Crippen LogP contribution is -2.07. The van der Waals surface area contributed by atoms with Crippen LogP contribution in [0.3, 0.4) is 0 Å². The topological polar surface area (TPSA) is 51.2 Å². The van der Waals surface area contributed by atoms with E-state index in [0.29, 0.717) is 12.2 Å². The molecule has 0 aliphatic rings. The van der Waals surface area contributed by atoms with E-state index >= 15 is 0 Å². The number of carbonyl (C=O) groups is 1. The van der Waals surface area contributed by atoms with Crippen LogP contribution < -0.4 is 5.32 Å². The van der Waals surface area contributed by atoms with Gasteiger partial charge < -0.3 is 10.1 Å². The average molecular weight is 270 g/mol. The Morgan fingerprint density at radius 1 is 1.25 bits per heavy atom. The number of nitrogens with zero attached hydrogens (tertiary/aromatic N) is 1. The summed E-state index contributed by atoms with van der Waals surface area (Å²) >= 11 is 0. The maximum atomic E-state index is 11.4. The van der Waals surface area contributed by atoms with Crippen molar-refractivity contribution in [3.05, 3.63) is 59.4 Å². The highest BCUT2D eigenvalue weighted by atomic mass is 16.5. The molecule has 0 fully saturated rings. The maximum Gasteiger partial charge on any atom is 0.356 e. The third kappa shape index (κ3) is 3.35. The summed E-state index contributed by atoms with van der Waals surface area (Å²) in [5.41, 5.74) is 3.74. The maximum absolute atomic E-state index is 11.4. The average Bonchev–Trinajstić information content (AvgIpc) is 2.52. The minimum atomic E-state index is -0.428. The first-order valence-electron chi connectivity index (χ1n) is 6.59. The summed E-state index contributed by atoms with van der Waals surface area (Å²) in [6.45, 7) is 2.86. The van der Waals surface area contributed by atoms with E-state index in [1.54, 1.807) is 12.3 Å². The normalized spacial score (nSPS) is 10.1. The monoisotopic (exact) mass is 270 g/mol. The second kappa shape index (κ2) is 6.70. The summed E-state index contributed by atoms with van der Waals surface area (Å²) < 4.78 is 4.66. The summed E-state index contributed by atoms with van der Waals surface area (Å²) in [6.07, 6.45) is 2.60. The van der Waals surface area contributed by atoms with Crippen molar-refractivity contribution in [2.24, 2.45) is 0 Å². The SMILES string of the molecule is CCc1ccccc1CNc1ccnc(C(=O)OC)c1. The van der Waals surface area contributed by atoms with Crippen molar-refractivity contribution in [3.63, 3.8) is 0 Å². The summed E-state index contributed by atoms with van der Waals surface area (Å²) in [6, 6.07) is 11.8. The van der Waals surface area contributed by atoms with Gasteiger partial charge in [-0.2, -0.15) is 0 Å². The van der Waals surface area contributed by atoms with Gasteiger partial charge in [0.1, 0.15) is 5.69 Å². The molecule has 4 nitrogen and oxygen atoms in total. The first kappa shape index (κ1) is 14.1. The van der Waals surface area contributed by atoms with Gasteiger partial charge in [0, 0.05) is 18.4 Å². The van der Waals surface area contributed by atoms with Crippen LogP contribution in [-0.2, 0) is 17.7 Å². The molecule has 4 heteroatoms. The zero-order valence-electron chi connectivity index (χ0n) is 11.7. The Hall–Kier alpha value is -2.36. The zero-order chi connectivity index (χ0) is 14.4. The first-order chi connectivity index (χ1) is 9.74. The number of benzene rings is 1. The number of aryl methyl sites for hydroxylation is 1. The van der Waals surface area contributed by atoms with E-state index in [1.807, 2.05) is 18.2 Å². The molecule has 1 aromatic carbocycles. The van der Waals surface area contributed by atoms with Gasteiger partial charge in [-0.25, -0.2) is 9.78 Å². The van der Waals surface area contributed by atoms with Crippen molar-refractivity contribution in [3.8, 4) is 0 Å². The van der Waals surface area contributed by atoms with Gasteiger partial charge in [0.2, 0.25) is 0 Å². The molecule has 0 saturated heterocycles. The lowest BCUT2D eigenvalue weighted by molar-refractivity contribution is 0.0594. The Bertz CT molecular complexity index is 597. The molecular formula is C16H18N2O2. The predicted octanol–water partition coefficient (Wildman–Crippen LogP) is 3.04. The Balaban J connectivity index is 2.09. The minimum absolute atomic E-state index is 0.307. The molecule has 20 heavy (non-hydrogen) atoms. The number of esters is 1. The fraction of sp³-hybridized carbons (Fsp3) is 0.250. The molecule has 0 amide bonds. The van der Waals surface area contributed by atoms with Gasteiger partial charge in [0.05, 0.1) is 7.11 Å². The van der Waals surface area contributed by atoms with E-state index in [4.69, 9.17) is 0 Å². The van der Waals surface area contributed by atoms with Crippen LogP contribution in [0.15, 0.2) is 42.6 Å². The van der Waals surface area contributed by atoms with Crippen LogP contribution in [0.5, 0.6) is 0 Å². The summed E-state index contributed by atoms with van der Waals surface area (Å²) in [5, 5.41) is 3.31. The molecular weight excluding hydrogens is 252 g/mol. The third-order valence-corrected chi connectivity index (χ3v) is 3.14. The van der Waals surface area contributed by atoms with E-state index in [0.717, 1.165) is 12.1 Å². The lowest BCUT2D eigenvalue weighted by atomic mass is 10.1. The van der Waals surface area contributed by atoms with E-state index in [2.05, 4.69) is 34.1 Å². The van der Waals surface area contributed by atoms with Crippen molar-refractivity contribution >= 4 is 11.7 Å². The van der Waals surface area contributed by atoms with Crippen molar-refractivity contribution < 1.29 is 9.53 Å². The van der Waals surface area contributed by atoms with E-state index < -0.39 is 5.97 Å². The highest BCUT2D eigenvalue weighted by Crippen LogP contribution is 2.14. The summed E-state index contributed by atoms with van der Waals surface area (Å²) in [5.74, 6) is -0.428. The lowest BCUT2D eigenvalue weighted by Gasteiger charge is -2.10. The number of carbonyl (C=O) groups excluding carboxylic acids is 1. The highest BCUT2D eigenvalue weighted by Gasteiger charge is 2.07. The molecule has 0 spiro atoms. The predicted molar refractivity (Wildman–Crippen MR) is 78.7 cm³/mol. The number of hydrogen-bond donors (Lipinski definition) is 1. The van der Waals surface area contributed by atoms with Crippen LogP contribution >= 0.6 is 0 Å². The molecule has 0 atom stereocenters. The number of methoxy groups -OCH3 is 1. The fourth-order valence-electron chi connectivity index (χ4n) is 2.03. The van der Waals surface area contributed by atoms with Gasteiger partial charge in [-0.15, -0.1) is 0 Å². The summed E-state index contributed by atoms with van der Waals surface area (Å²) in [7, 11) is 1.35. The molecule has 0 saturated carbocycles. The second-order valence-corrected chi connectivity index (χ2v) is 4.40. The van der Waals surface area contributed by atoms with Crippen LogP contribution in [0.25, 0.3) is 0 Å². The quantitative estimate of drug-likeness (QED) is 0.848. The van der Waals surface area contributed by atoms with Gasteiger partial charge >= 0.3 is 5.97 Å². The smallest absolute Gasteiger partial charge is 0.356 e. The molecule has 0 aliphatic heterocycles.